The Morgan fingerprint density at radius 2 is 2.06 bits per heavy atom. The minimum atomic E-state index is 0.820. The summed E-state index contributed by atoms with van der Waals surface area (Å²) in [6.45, 7) is 4.56. The van der Waals surface area contributed by atoms with Crippen molar-refractivity contribution in [2.45, 2.75) is 37.0 Å². The molecule has 18 heavy (non-hydrogen) atoms. The van der Waals surface area contributed by atoms with Gasteiger partial charge in [-0.15, -0.1) is 11.8 Å². The monoisotopic (exact) mass is 261 g/mol. The lowest BCUT2D eigenvalue weighted by Gasteiger charge is -2.38. The highest BCUT2D eigenvalue weighted by Crippen LogP contribution is 2.47. The summed E-state index contributed by atoms with van der Waals surface area (Å²) < 4.78 is 0. The standard InChI is InChI=1S/C16H23NS/c1-2-17-10-13-8-7-12(13)9-14-11-18-16-6-4-3-5-15(14)16/h3-6,12-14,17H,2,7-11H2,1H3. The molecule has 1 saturated carbocycles. The first kappa shape index (κ1) is 12.6. The van der Waals surface area contributed by atoms with E-state index in [9.17, 15) is 0 Å². The Kier molecular flexibility index (Phi) is 3.95. The largest absolute Gasteiger partial charge is 0.317 e. The third-order valence-corrected chi connectivity index (χ3v) is 5.87. The molecule has 3 rings (SSSR count). The van der Waals surface area contributed by atoms with Crippen molar-refractivity contribution in [1.29, 1.82) is 0 Å². The van der Waals surface area contributed by atoms with Gasteiger partial charge >= 0.3 is 0 Å². The first-order chi connectivity index (χ1) is 8.88. The maximum absolute atomic E-state index is 3.52. The second kappa shape index (κ2) is 5.66. The van der Waals surface area contributed by atoms with E-state index < -0.39 is 0 Å². The Morgan fingerprint density at radius 3 is 2.83 bits per heavy atom. The van der Waals surface area contributed by atoms with E-state index in [1.807, 2.05) is 0 Å². The van der Waals surface area contributed by atoms with Crippen molar-refractivity contribution in [3.8, 4) is 0 Å². The summed E-state index contributed by atoms with van der Waals surface area (Å²) in [7, 11) is 0. The normalized spacial score (nSPS) is 29.9. The zero-order valence-corrected chi connectivity index (χ0v) is 12.0. The predicted octanol–water partition coefficient (Wildman–Crippen LogP) is 3.90. The Labute approximate surface area is 115 Å². The molecule has 1 fully saturated rings. The van der Waals surface area contributed by atoms with E-state index in [1.165, 1.54) is 36.5 Å². The molecule has 1 N–H and O–H groups in total. The van der Waals surface area contributed by atoms with Crippen molar-refractivity contribution in [1.82, 2.24) is 5.32 Å². The molecule has 0 spiro atoms. The van der Waals surface area contributed by atoms with Crippen LogP contribution >= 0.6 is 11.8 Å². The highest BCUT2D eigenvalue weighted by atomic mass is 32.2. The van der Waals surface area contributed by atoms with Crippen molar-refractivity contribution in [2.24, 2.45) is 11.8 Å². The van der Waals surface area contributed by atoms with Crippen LogP contribution in [0.5, 0.6) is 0 Å². The summed E-state index contributed by atoms with van der Waals surface area (Å²) >= 11 is 2.06. The van der Waals surface area contributed by atoms with Crippen LogP contribution in [0.15, 0.2) is 29.2 Å². The number of hydrogen-bond donors (Lipinski definition) is 1. The van der Waals surface area contributed by atoms with Crippen molar-refractivity contribution < 1.29 is 0 Å². The average molecular weight is 261 g/mol. The number of fused-ring (bicyclic) bond motifs is 1. The molecule has 2 heteroatoms. The first-order valence-electron chi connectivity index (χ1n) is 7.31. The topological polar surface area (TPSA) is 12.0 Å². The van der Waals surface area contributed by atoms with Crippen LogP contribution < -0.4 is 5.32 Å². The average Bonchev–Trinajstić information content (AvgIpc) is 2.78. The molecule has 1 heterocycles. The van der Waals surface area contributed by atoms with E-state index in [2.05, 4.69) is 48.3 Å². The molecule has 0 saturated heterocycles. The fraction of sp³-hybridized carbons (Fsp3) is 0.625. The van der Waals surface area contributed by atoms with E-state index in [4.69, 9.17) is 0 Å². The molecule has 0 radical (unpaired) electrons. The quantitative estimate of drug-likeness (QED) is 0.862. The third-order valence-electron chi connectivity index (χ3n) is 4.62. The molecule has 1 aliphatic carbocycles. The fourth-order valence-corrected chi connectivity index (χ4v) is 4.61. The summed E-state index contributed by atoms with van der Waals surface area (Å²) in [5.41, 5.74) is 1.62. The Hall–Kier alpha value is -0.470. The zero-order valence-electron chi connectivity index (χ0n) is 11.2. The molecule has 1 aliphatic heterocycles. The van der Waals surface area contributed by atoms with Crippen molar-refractivity contribution in [2.75, 3.05) is 18.8 Å². The summed E-state index contributed by atoms with van der Waals surface area (Å²) in [6, 6.07) is 9.01. The number of nitrogens with one attached hydrogen (secondary N) is 1. The van der Waals surface area contributed by atoms with Gasteiger partial charge < -0.3 is 5.32 Å². The van der Waals surface area contributed by atoms with Gasteiger partial charge in [-0.1, -0.05) is 25.1 Å². The Morgan fingerprint density at radius 1 is 1.22 bits per heavy atom. The van der Waals surface area contributed by atoms with Crippen molar-refractivity contribution in [3.05, 3.63) is 29.8 Å². The number of hydrogen-bond acceptors (Lipinski definition) is 2. The van der Waals surface area contributed by atoms with Crippen LogP contribution in [0.4, 0.5) is 0 Å². The molecule has 2 aliphatic rings. The van der Waals surface area contributed by atoms with Crippen LogP contribution in [-0.4, -0.2) is 18.8 Å². The maximum atomic E-state index is 3.52. The van der Waals surface area contributed by atoms with Crippen molar-refractivity contribution in [3.63, 3.8) is 0 Å². The van der Waals surface area contributed by atoms with Gasteiger partial charge in [-0.2, -0.15) is 0 Å². The van der Waals surface area contributed by atoms with Gasteiger partial charge in [0.25, 0.3) is 0 Å². The van der Waals surface area contributed by atoms with E-state index in [-0.39, 0.29) is 0 Å². The molecule has 1 aromatic carbocycles. The van der Waals surface area contributed by atoms with Crippen LogP contribution in [0.2, 0.25) is 0 Å². The van der Waals surface area contributed by atoms with Gasteiger partial charge in [-0.05, 0) is 61.7 Å². The van der Waals surface area contributed by atoms with Gasteiger partial charge in [-0.25, -0.2) is 0 Å². The lowest BCUT2D eigenvalue weighted by atomic mass is 9.69. The van der Waals surface area contributed by atoms with Gasteiger partial charge in [0.15, 0.2) is 0 Å². The summed E-state index contributed by atoms with van der Waals surface area (Å²) in [5, 5.41) is 3.52. The molecule has 1 aromatic rings. The molecule has 3 atom stereocenters. The zero-order chi connectivity index (χ0) is 12.4. The van der Waals surface area contributed by atoms with Gasteiger partial charge in [0.2, 0.25) is 0 Å². The minimum absolute atomic E-state index is 0.820. The SMILES string of the molecule is CCNCC1CCC1CC1CSc2ccccc21. The minimum Gasteiger partial charge on any atom is -0.317 e. The summed E-state index contributed by atoms with van der Waals surface area (Å²) in [5.74, 6) is 4.05. The molecule has 98 valence electrons. The van der Waals surface area contributed by atoms with Gasteiger partial charge in [0, 0.05) is 10.6 Å². The van der Waals surface area contributed by atoms with E-state index in [0.29, 0.717) is 0 Å². The molecule has 0 amide bonds. The van der Waals surface area contributed by atoms with Crippen LogP contribution in [-0.2, 0) is 0 Å². The van der Waals surface area contributed by atoms with Crippen LogP contribution in [0.3, 0.4) is 0 Å². The summed E-state index contributed by atoms with van der Waals surface area (Å²) in [4.78, 5) is 1.53. The predicted molar refractivity (Wildman–Crippen MR) is 79.3 cm³/mol. The van der Waals surface area contributed by atoms with Gasteiger partial charge in [-0.3, -0.25) is 0 Å². The third kappa shape index (κ3) is 2.46. The van der Waals surface area contributed by atoms with E-state index >= 15 is 0 Å². The van der Waals surface area contributed by atoms with Crippen molar-refractivity contribution >= 4 is 11.8 Å². The van der Waals surface area contributed by atoms with E-state index in [0.717, 1.165) is 24.3 Å². The lowest BCUT2D eigenvalue weighted by molar-refractivity contribution is 0.154. The Balaban J connectivity index is 1.58. The van der Waals surface area contributed by atoms with Gasteiger partial charge in [0.05, 0.1) is 0 Å². The van der Waals surface area contributed by atoms with Crippen LogP contribution in [0.25, 0.3) is 0 Å². The Bertz CT molecular complexity index is 404. The molecular formula is C16H23NS. The molecular weight excluding hydrogens is 238 g/mol. The smallest absolute Gasteiger partial charge is 0.0107 e. The fourth-order valence-electron chi connectivity index (χ4n) is 3.34. The van der Waals surface area contributed by atoms with Crippen LogP contribution in [0.1, 0.15) is 37.7 Å². The van der Waals surface area contributed by atoms with Gasteiger partial charge in [0.1, 0.15) is 0 Å². The first-order valence-corrected chi connectivity index (χ1v) is 8.29. The number of benzene rings is 1. The highest BCUT2D eigenvalue weighted by Gasteiger charge is 2.34. The lowest BCUT2D eigenvalue weighted by Crippen LogP contribution is -2.36. The number of thioether (sulfide) groups is 1. The molecule has 0 bridgehead atoms. The van der Waals surface area contributed by atoms with E-state index in [1.54, 1.807) is 5.56 Å². The molecule has 3 unspecified atom stereocenters. The second-order valence-corrected chi connectivity index (χ2v) is 6.75. The maximum Gasteiger partial charge on any atom is 0.0107 e. The van der Waals surface area contributed by atoms with Crippen LogP contribution in [0, 0.1) is 11.8 Å². The second-order valence-electron chi connectivity index (χ2n) is 5.69. The highest BCUT2D eigenvalue weighted by molar-refractivity contribution is 7.99. The molecule has 1 nitrogen and oxygen atoms in total. The summed E-state index contributed by atoms with van der Waals surface area (Å²) in [6.07, 6.45) is 4.32. The molecule has 0 aromatic heterocycles. The number of rotatable bonds is 5.